The molecule has 4 nitrogen and oxygen atoms in total. The second-order valence-corrected chi connectivity index (χ2v) is 6.59. The van der Waals surface area contributed by atoms with Gasteiger partial charge in [-0.1, -0.05) is 27.6 Å². The lowest BCUT2D eigenvalue weighted by molar-refractivity contribution is 0.0699. The molecule has 0 aliphatic carbocycles. The Balaban J connectivity index is 1.98. The number of hydrogen-bond donors (Lipinski definition) is 1. The molecule has 5 heteroatoms. The van der Waals surface area contributed by atoms with Gasteiger partial charge >= 0.3 is 5.97 Å². The van der Waals surface area contributed by atoms with Gasteiger partial charge in [-0.2, -0.15) is 0 Å². The number of fused-ring (bicyclic) bond motifs is 2. The van der Waals surface area contributed by atoms with Gasteiger partial charge in [0.05, 0.1) is 11.1 Å². The number of benzene rings is 2. The maximum Gasteiger partial charge on any atom is 0.336 e. The van der Waals surface area contributed by atoms with Crippen molar-refractivity contribution < 1.29 is 14.3 Å². The van der Waals surface area contributed by atoms with Crippen molar-refractivity contribution in [1.29, 1.82) is 0 Å². The van der Waals surface area contributed by atoms with Crippen molar-refractivity contribution in [2.24, 2.45) is 0 Å². The van der Waals surface area contributed by atoms with Gasteiger partial charge in [0.1, 0.15) is 11.3 Å². The number of carbonyl (C=O) groups is 1. The Morgan fingerprint density at radius 3 is 2.75 bits per heavy atom. The van der Waals surface area contributed by atoms with Crippen LogP contribution in [0.5, 0.6) is 0 Å². The highest BCUT2D eigenvalue weighted by Crippen LogP contribution is 2.31. The van der Waals surface area contributed by atoms with Crippen molar-refractivity contribution in [2.75, 3.05) is 0 Å². The molecular weight excluding hydrogens is 370 g/mol. The zero-order valence-corrected chi connectivity index (χ0v) is 14.3. The van der Waals surface area contributed by atoms with Gasteiger partial charge in [0.2, 0.25) is 0 Å². The Hall–Kier alpha value is -2.66. The van der Waals surface area contributed by atoms with E-state index in [1.807, 2.05) is 49.4 Å². The van der Waals surface area contributed by atoms with Crippen molar-refractivity contribution in [1.82, 2.24) is 4.98 Å². The maximum atomic E-state index is 11.7. The second-order valence-electron chi connectivity index (χ2n) is 5.67. The summed E-state index contributed by atoms with van der Waals surface area (Å²) in [4.78, 5) is 16.2. The van der Waals surface area contributed by atoms with Gasteiger partial charge < -0.3 is 9.52 Å². The first-order valence-corrected chi connectivity index (χ1v) is 8.15. The van der Waals surface area contributed by atoms with E-state index in [-0.39, 0.29) is 5.56 Å². The van der Waals surface area contributed by atoms with E-state index < -0.39 is 5.97 Å². The first-order chi connectivity index (χ1) is 11.5. The van der Waals surface area contributed by atoms with Gasteiger partial charge in [0.15, 0.2) is 5.76 Å². The molecule has 0 aliphatic heterocycles. The number of aryl methyl sites for hydroxylation is 1. The van der Waals surface area contributed by atoms with Gasteiger partial charge in [0.25, 0.3) is 0 Å². The van der Waals surface area contributed by atoms with E-state index in [2.05, 4.69) is 20.9 Å². The third kappa shape index (κ3) is 2.47. The summed E-state index contributed by atoms with van der Waals surface area (Å²) in [5.74, 6) is -0.429. The molecule has 0 atom stereocenters. The zero-order valence-electron chi connectivity index (χ0n) is 12.7. The molecule has 0 aliphatic rings. The predicted octanol–water partition coefficient (Wildman–Crippen LogP) is 5.42. The number of furan rings is 1. The summed E-state index contributed by atoms with van der Waals surface area (Å²) in [6, 6.07) is 14.7. The molecule has 118 valence electrons. The summed E-state index contributed by atoms with van der Waals surface area (Å²) >= 11 is 3.43. The fraction of sp³-hybridized carbons (Fsp3) is 0.0526. The van der Waals surface area contributed by atoms with Gasteiger partial charge in [-0.05, 0) is 49.4 Å². The third-order valence-electron chi connectivity index (χ3n) is 3.93. The number of pyridine rings is 1. The molecule has 0 radical (unpaired) electrons. The zero-order chi connectivity index (χ0) is 16.8. The van der Waals surface area contributed by atoms with E-state index in [1.54, 1.807) is 6.07 Å². The fourth-order valence-electron chi connectivity index (χ4n) is 2.78. The number of carboxylic acids is 1. The van der Waals surface area contributed by atoms with Crippen molar-refractivity contribution in [2.45, 2.75) is 6.92 Å². The summed E-state index contributed by atoms with van der Waals surface area (Å²) < 4.78 is 6.79. The number of nitrogens with zero attached hydrogens (tertiary/aromatic N) is 1. The Bertz CT molecular complexity index is 1110. The minimum Gasteiger partial charge on any atom is -0.478 e. The topological polar surface area (TPSA) is 63.3 Å². The Labute approximate surface area is 145 Å². The van der Waals surface area contributed by atoms with E-state index in [0.29, 0.717) is 22.4 Å². The Kier molecular flexibility index (Phi) is 3.39. The fourth-order valence-corrected chi connectivity index (χ4v) is 3.16. The molecule has 2 aromatic heterocycles. The van der Waals surface area contributed by atoms with Crippen LogP contribution in [0.2, 0.25) is 0 Å². The highest BCUT2D eigenvalue weighted by atomic mass is 79.9. The molecule has 24 heavy (non-hydrogen) atoms. The van der Waals surface area contributed by atoms with E-state index in [0.717, 1.165) is 21.0 Å². The monoisotopic (exact) mass is 381 g/mol. The lowest BCUT2D eigenvalue weighted by atomic mass is 10.0. The number of halogens is 1. The van der Waals surface area contributed by atoms with Crippen LogP contribution in [0.25, 0.3) is 33.3 Å². The summed E-state index contributed by atoms with van der Waals surface area (Å²) in [5, 5.41) is 11.1. The highest BCUT2D eigenvalue weighted by Gasteiger charge is 2.15. The van der Waals surface area contributed by atoms with Gasteiger partial charge in [0, 0.05) is 15.2 Å². The summed E-state index contributed by atoms with van der Waals surface area (Å²) in [6.07, 6.45) is 0. The van der Waals surface area contributed by atoms with Crippen LogP contribution in [-0.4, -0.2) is 16.1 Å². The molecule has 0 saturated heterocycles. The molecule has 4 rings (SSSR count). The average Bonchev–Trinajstić information content (AvgIpc) is 2.96. The number of carboxylic acid groups (broad SMARTS) is 1. The van der Waals surface area contributed by atoms with Gasteiger partial charge in [-0.15, -0.1) is 0 Å². The molecule has 0 spiro atoms. The number of rotatable bonds is 2. The summed E-state index contributed by atoms with van der Waals surface area (Å²) in [7, 11) is 0. The third-order valence-corrected chi connectivity index (χ3v) is 4.42. The van der Waals surface area contributed by atoms with E-state index in [1.165, 1.54) is 0 Å². The first-order valence-electron chi connectivity index (χ1n) is 7.35. The van der Waals surface area contributed by atoms with Crippen LogP contribution in [0.1, 0.15) is 15.9 Å². The molecule has 0 bridgehead atoms. The predicted molar refractivity (Wildman–Crippen MR) is 96.3 cm³/mol. The molecule has 0 unspecified atom stereocenters. The molecule has 2 heterocycles. The van der Waals surface area contributed by atoms with Crippen molar-refractivity contribution in [3.63, 3.8) is 0 Å². The lowest BCUT2D eigenvalue weighted by Crippen LogP contribution is -2.00. The number of aromatic carboxylic acids is 1. The van der Waals surface area contributed by atoms with Crippen molar-refractivity contribution >= 4 is 43.8 Å². The molecule has 0 fully saturated rings. The van der Waals surface area contributed by atoms with E-state index in [9.17, 15) is 9.90 Å². The van der Waals surface area contributed by atoms with Crippen molar-refractivity contribution in [3.05, 3.63) is 64.1 Å². The van der Waals surface area contributed by atoms with Crippen molar-refractivity contribution in [3.8, 4) is 11.5 Å². The number of hydrogen-bond acceptors (Lipinski definition) is 3. The van der Waals surface area contributed by atoms with Crippen LogP contribution in [0.15, 0.2) is 57.4 Å². The summed E-state index contributed by atoms with van der Waals surface area (Å²) in [6.45, 7) is 1.93. The molecule has 0 saturated carbocycles. The van der Waals surface area contributed by atoms with Gasteiger partial charge in [-0.25, -0.2) is 9.78 Å². The molecular formula is C19H12BrNO3. The maximum absolute atomic E-state index is 11.7. The normalized spacial score (nSPS) is 11.2. The minimum atomic E-state index is -0.979. The largest absolute Gasteiger partial charge is 0.478 e. The standard InChI is InChI=1S/C19H12BrNO3/c1-10-2-4-15-13(6-10)14(19(22)23)9-16(21-15)18-8-11-7-12(20)3-5-17(11)24-18/h2-9H,1H3,(H,22,23). The van der Waals surface area contributed by atoms with Gasteiger partial charge in [-0.3, -0.25) is 0 Å². The minimum absolute atomic E-state index is 0.223. The molecule has 4 aromatic rings. The first kappa shape index (κ1) is 14.9. The molecule has 1 N–H and O–H groups in total. The van der Waals surface area contributed by atoms with Crippen LogP contribution in [0.3, 0.4) is 0 Å². The second kappa shape index (κ2) is 5.46. The Morgan fingerprint density at radius 2 is 1.96 bits per heavy atom. The van der Waals surface area contributed by atoms with Crippen LogP contribution in [0.4, 0.5) is 0 Å². The van der Waals surface area contributed by atoms with E-state index >= 15 is 0 Å². The van der Waals surface area contributed by atoms with Crippen LogP contribution in [-0.2, 0) is 0 Å². The SMILES string of the molecule is Cc1ccc2nc(-c3cc4cc(Br)ccc4o3)cc(C(=O)O)c2c1. The Morgan fingerprint density at radius 1 is 1.12 bits per heavy atom. The van der Waals surface area contributed by atoms with E-state index in [4.69, 9.17) is 4.42 Å². The average molecular weight is 382 g/mol. The van der Waals surface area contributed by atoms with Crippen LogP contribution < -0.4 is 0 Å². The highest BCUT2D eigenvalue weighted by molar-refractivity contribution is 9.10. The number of aromatic nitrogens is 1. The summed E-state index contributed by atoms with van der Waals surface area (Å²) in [5.41, 5.74) is 3.09. The van der Waals surface area contributed by atoms with Crippen LogP contribution >= 0.6 is 15.9 Å². The smallest absolute Gasteiger partial charge is 0.336 e. The van der Waals surface area contributed by atoms with Crippen LogP contribution in [0, 0.1) is 6.92 Å². The molecule has 2 aromatic carbocycles. The quantitative estimate of drug-likeness (QED) is 0.503. The lowest BCUT2D eigenvalue weighted by Gasteiger charge is -2.06. The molecule has 0 amide bonds.